The molecule has 1 aromatic carbocycles. The first kappa shape index (κ1) is 20.1. The number of hydrogen-bond acceptors (Lipinski definition) is 5. The molecule has 4 rings (SSSR count). The molecule has 3 heterocycles. The lowest BCUT2D eigenvalue weighted by atomic mass is 10.1. The van der Waals surface area contributed by atoms with E-state index < -0.39 is 0 Å². The first-order chi connectivity index (χ1) is 14.1. The van der Waals surface area contributed by atoms with Crippen molar-refractivity contribution in [3.8, 4) is 0 Å². The number of hydrogen-bond donors (Lipinski definition) is 2. The number of carbonyl (C=O) groups is 1. The summed E-state index contributed by atoms with van der Waals surface area (Å²) >= 11 is 0. The zero-order valence-corrected chi connectivity index (χ0v) is 17.0. The Bertz CT molecular complexity index is 844. The third-order valence-electron chi connectivity index (χ3n) is 6.03. The summed E-state index contributed by atoms with van der Waals surface area (Å²) in [5, 5.41) is 17.3. The van der Waals surface area contributed by atoms with Crippen LogP contribution in [0.4, 0.5) is 0 Å². The summed E-state index contributed by atoms with van der Waals surface area (Å²) in [6.45, 7) is 6.35. The van der Waals surface area contributed by atoms with Crippen LogP contribution in [-0.4, -0.2) is 58.1 Å². The van der Waals surface area contributed by atoms with E-state index in [0.717, 1.165) is 56.8 Å². The van der Waals surface area contributed by atoms with Gasteiger partial charge in [0, 0.05) is 45.1 Å². The molecule has 0 bridgehead atoms. The second-order valence-corrected chi connectivity index (χ2v) is 8.06. The zero-order valence-electron chi connectivity index (χ0n) is 17.0. The van der Waals surface area contributed by atoms with Crippen LogP contribution >= 0.6 is 0 Å². The van der Waals surface area contributed by atoms with Gasteiger partial charge in [0.2, 0.25) is 0 Å². The number of aromatic nitrogens is 2. The van der Waals surface area contributed by atoms with Crippen molar-refractivity contribution in [3.63, 3.8) is 0 Å². The third-order valence-corrected chi connectivity index (χ3v) is 6.03. The van der Waals surface area contributed by atoms with E-state index in [2.05, 4.69) is 27.4 Å². The number of likely N-dealkylation sites (tertiary alicyclic amines) is 1. The van der Waals surface area contributed by atoms with Crippen LogP contribution in [0.2, 0.25) is 0 Å². The number of rotatable bonds is 6. The Morgan fingerprint density at radius 2 is 2.00 bits per heavy atom. The molecule has 1 aromatic heterocycles. The number of carbonyl (C=O) groups excluding carboxylic acids is 1. The summed E-state index contributed by atoms with van der Waals surface area (Å²) in [6, 6.07) is 8.48. The fourth-order valence-corrected chi connectivity index (χ4v) is 4.30. The molecular weight excluding hydrogens is 368 g/mol. The van der Waals surface area contributed by atoms with E-state index in [1.54, 1.807) is 6.20 Å². The monoisotopic (exact) mass is 398 g/mol. The molecule has 2 aliphatic heterocycles. The molecule has 0 spiro atoms. The highest BCUT2D eigenvalue weighted by Gasteiger charge is 2.23. The predicted molar refractivity (Wildman–Crippen MR) is 110 cm³/mol. The van der Waals surface area contributed by atoms with Crippen molar-refractivity contribution in [2.75, 3.05) is 26.3 Å². The Balaban J connectivity index is 1.39. The van der Waals surface area contributed by atoms with Gasteiger partial charge in [-0.25, -0.2) is 0 Å². The van der Waals surface area contributed by atoms with Crippen molar-refractivity contribution < 1.29 is 14.6 Å². The summed E-state index contributed by atoms with van der Waals surface area (Å²) in [5.74, 6) is -0.0905. The zero-order chi connectivity index (χ0) is 20.2. The Kier molecular flexibility index (Phi) is 6.28. The molecule has 7 nitrogen and oxygen atoms in total. The van der Waals surface area contributed by atoms with E-state index in [4.69, 9.17) is 4.74 Å². The number of β-amino-alcohol motifs (C(OH)–C–C–N with tert-alkyl or cyclic N) is 1. The van der Waals surface area contributed by atoms with Crippen LogP contribution in [0.15, 0.2) is 30.5 Å². The van der Waals surface area contributed by atoms with Gasteiger partial charge in [-0.05, 0) is 37.3 Å². The van der Waals surface area contributed by atoms with E-state index in [0.29, 0.717) is 24.7 Å². The summed E-state index contributed by atoms with van der Waals surface area (Å²) in [4.78, 5) is 15.1. The Labute approximate surface area is 171 Å². The maximum Gasteiger partial charge on any atom is 0.255 e. The standard InChI is InChI=1S/C22H30N4O3/c1-16-21(13-24-26(16)19-7-10-29-11-8-19)22(28)23-12-17-4-2-3-5-18(17)14-25-9-6-20(27)15-25/h2-5,13,19-20,27H,6-12,14-15H2,1H3,(H,23,28). The highest BCUT2D eigenvalue weighted by Crippen LogP contribution is 2.23. The molecule has 29 heavy (non-hydrogen) atoms. The van der Waals surface area contributed by atoms with Crippen LogP contribution in [0.5, 0.6) is 0 Å². The topological polar surface area (TPSA) is 79.6 Å². The smallest absolute Gasteiger partial charge is 0.255 e. The number of aliphatic hydroxyl groups excluding tert-OH is 1. The SMILES string of the molecule is Cc1c(C(=O)NCc2ccccc2CN2CCC(O)C2)cnn1C1CCOCC1. The highest BCUT2D eigenvalue weighted by molar-refractivity contribution is 5.95. The van der Waals surface area contributed by atoms with E-state index in [1.807, 2.05) is 23.7 Å². The second kappa shape index (κ2) is 9.07. The average Bonchev–Trinajstić information content (AvgIpc) is 3.33. The molecular formula is C22H30N4O3. The molecule has 0 aliphatic carbocycles. The number of nitrogens with zero attached hydrogens (tertiary/aromatic N) is 3. The lowest BCUT2D eigenvalue weighted by molar-refractivity contribution is 0.0656. The lowest BCUT2D eigenvalue weighted by Crippen LogP contribution is -2.26. The van der Waals surface area contributed by atoms with Crippen molar-refractivity contribution in [1.82, 2.24) is 20.0 Å². The maximum absolute atomic E-state index is 12.8. The van der Waals surface area contributed by atoms with Crippen LogP contribution in [0.1, 0.15) is 52.5 Å². The van der Waals surface area contributed by atoms with E-state index in [-0.39, 0.29) is 12.0 Å². The van der Waals surface area contributed by atoms with Crippen LogP contribution in [0.25, 0.3) is 0 Å². The van der Waals surface area contributed by atoms with Gasteiger partial charge >= 0.3 is 0 Å². The fraction of sp³-hybridized carbons (Fsp3) is 0.545. The van der Waals surface area contributed by atoms with Gasteiger partial charge in [0.25, 0.3) is 5.91 Å². The van der Waals surface area contributed by atoms with Crippen LogP contribution in [0, 0.1) is 6.92 Å². The summed E-state index contributed by atoms with van der Waals surface area (Å²) < 4.78 is 7.41. The first-order valence-electron chi connectivity index (χ1n) is 10.5. The summed E-state index contributed by atoms with van der Waals surface area (Å²) in [7, 11) is 0. The van der Waals surface area contributed by atoms with Crippen molar-refractivity contribution in [2.45, 2.75) is 51.4 Å². The van der Waals surface area contributed by atoms with Crippen LogP contribution in [0.3, 0.4) is 0 Å². The van der Waals surface area contributed by atoms with Gasteiger partial charge in [-0.2, -0.15) is 5.10 Å². The number of ether oxygens (including phenoxy) is 1. The molecule has 0 saturated carbocycles. The van der Waals surface area contributed by atoms with Gasteiger partial charge in [0.05, 0.1) is 23.9 Å². The minimum Gasteiger partial charge on any atom is -0.392 e. The predicted octanol–water partition coefficient (Wildman–Crippen LogP) is 2.04. The van der Waals surface area contributed by atoms with E-state index in [9.17, 15) is 9.90 Å². The molecule has 7 heteroatoms. The number of nitrogens with one attached hydrogen (secondary N) is 1. The minimum absolute atomic E-state index is 0.0905. The molecule has 2 aliphatic rings. The van der Waals surface area contributed by atoms with Crippen molar-refractivity contribution >= 4 is 5.91 Å². The second-order valence-electron chi connectivity index (χ2n) is 8.06. The molecule has 2 N–H and O–H groups in total. The van der Waals surface area contributed by atoms with Crippen LogP contribution < -0.4 is 5.32 Å². The lowest BCUT2D eigenvalue weighted by Gasteiger charge is -2.23. The van der Waals surface area contributed by atoms with Crippen LogP contribution in [-0.2, 0) is 17.8 Å². The Morgan fingerprint density at radius 3 is 2.72 bits per heavy atom. The number of aliphatic hydroxyl groups is 1. The van der Waals surface area contributed by atoms with Crippen molar-refractivity contribution in [3.05, 3.63) is 52.8 Å². The molecule has 156 valence electrons. The molecule has 1 unspecified atom stereocenters. The molecule has 2 saturated heterocycles. The highest BCUT2D eigenvalue weighted by atomic mass is 16.5. The Hall–Kier alpha value is -2.22. The summed E-state index contributed by atoms with van der Waals surface area (Å²) in [5.41, 5.74) is 3.85. The fourth-order valence-electron chi connectivity index (χ4n) is 4.30. The van der Waals surface area contributed by atoms with Gasteiger partial charge in [0.15, 0.2) is 0 Å². The normalized spacial score (nSPS) is 20.8. The maximum atomic E-state index is 12.8. The molecule has 1 amide bonds. The molecule has 0 radical (unpaired) electrons. The van der Waals surface area contributed by atoms with Gasteiger partial charge in [-0.15, -0.1) is 0 Å². The van der Waals surface area contributed by atoms with Gasteiger partial charge in [-0.3, -0.25) is 14.4 Å². The van der Waals surface area contributed by atoms with Gasteiger partial charge < -0.3 is 15.2 Å². The average molecular weight is 399 g/mol. The van der Waals surface area contributed by atoms with Gasteiger partial charge in [0.1, 0.15) is 0 Å². The number of benzene rings is 1. The third kappa shape index (κ3) is 4.69. The number of amides is 1. The molecule has 2 aromatic rings. The van der Waals surface area contributed by atoms with E-state index >= 15 is 0 Å². The Morgan fingerprint density at radius 1 is 1.24 bits per heavy atom. The van der Waals surface area contributed by atoms with Crippen molar-refractivity contribution in [2.24, 2.45) is 0 Å². The molecule has 2 fully saturated rings. The summed E-state index contributed by atoms with van der Waals surface area (Å²) in [6.07, 6.45) is 4.15. The van der Waals surface area contributed by atoms with Crippen molar-refractivity contribution in [1.29, 1.82) is 0 Å². The van der Waals surface area contributed by atoms with E-state index in [1.165, 1.54) is 5.56 Å². The largest absolute Gasteiger partial charge is 0.392 e. The molecule has 1 atom stereocenters. The minimum atomic E-state index is -0.225. The quantitative estimate of drug-likeness (QED) is 0.779. The van der Waals surface area contributed by atoms with Gasteiger partial charge in [-0.1, -0.05) is 24.3 Å². The first-order valence-corrected chi connectivity index (χ1v) is 10.5.